The van der Waals surface area contributed by atoms with Crippen molar-refractivity contribution < 1.29 is 4.21 Å². The van der Waals surface area contributed by atoms with E-state index < -0.39 is 10.8 Å². The van der Waals surface area contributed by atoms with Crippen LogP contribution in [0.25, 0.3) is 0 Å². The maximum Gasteiger partial charge on any atom is 0.0475 e. The lowest BCUT2D eigenvalue weighted by atomic mass is 10.0. The predicted octanol–water partition coefficient (Wildman–Crippen LogP) is 2.45. The summed E-state index contributed by atoms with van der Waals surface area (Å²) >= 11 is 0. The van der Waals surface area contributed by atoms with Crippen molar-refractivity contribution in [3.8, 4) is 0 Å². The van der Waals surface area contributed by atoms with Crippen LogP contribution in [-0.2, 0) is 10.8 Å². The van der Waals surface area contributed by atoms with E-state index in [0.717, 1.165) is 6.42 Å². The van der Waals surface area contributed by atoms with E-state index in [-0.39, 0.29) is 0 Å². The Labute approximate surface area is 96.7 Å². The molecule has 0 amide bonds. The molecule has 0 saturated heterocycles. The van der Waals surface area contributed by atoms with Crippen LogP contribution >= 0.6 is 0 Å². The summed E-state index contributed by atoms with van der Waals surface area (Å²) < 4.78 is 12.3. The minimum Gasteiger partial charge on any atom is -0.316 e. The smallest absolute Gasteiger partial charge is 0.0475 e. The van der Waals surface area contributed by atoms with Crippen LogP contribution in [0, 0.1) is 0 Å². The summed E-state index contributed by atoms with van der Waals surface area (Å²) in [5, 5.41) is 4.04. The number of rotatable bonds is 5. The second-order valence-corrected chi connectivity index (χ2v) is 6.66. The standard InChI is InChI=1S/C12H25NOS/c1-4-12(13-3)10(2)15(14)11-8-6-5-7-9-11/h10-13H,4-9H2,1-3H3. The van der Waals surface area contributed by atoms with Gasteiger partial charge < -0.3 is 5.32 Å². The normalized spacial score (nSPS) is 24.7. The molecular weight excluding hydrogens is 206 g/mol. The summed E-state index contributed by atoms with van der Waals surface area (Å²) in [6.45, 7) is 4.30. The molecule has 3 heteroatoms. The molecule has 3 atom stereocenters. The topological polar surface area (TPSA) is 29.1 Å². The highest BCUT2D eigenvalue weighted by Crippen LogP contribution is 2.25. The Morgan fingerprint density at radius 3 is 2.40 bits per heavy atom. The van der Waals surface area contributed by atoms with Gasteiger partial charge in [-0.25, -0.2) is 0 Å². The van der Waals surface area contributed by atoms with Crippen molar-refractivity contribution in [2.75, 3.05) is 7.05 Å². The molecule has 15 heavy (non-hydrogen) atoms. The van der Waals surface area contributed by atoms with Crippen LogP contribution in [0.4, 0.5) is 0 Å². The van der Waals surface area contributed by atoms with E-state index in [1.807, 2.05) is 7.05 Å². The average molecular weight is 231 g/mol. The third-order valence-corrected chi connectivity index (χ3v) is 5.81. The number of hydrogen-bond acceptors (Lipinski definition) is 2. The molecule has 0 aromatic carbocycles. The minimum absolute atomic E-state index is 0.295. The number of nitrogens with one attached hydrogen (secondary N) is 1. The lowest BCUT2D eigenvalue weighted by molar-refractivity contribution is 0.487. The highest BCUT2D eigenvalue weighted by Gasteiger charge is 2.27. The molecule has 0 aromatic heterocycles. The Balaban J connectivity index is 2.49. The van der Waals surface area contributed by atoms with Gasteiger partial charge in [0.1, 0.15) is 0 Å². The summed E-state index contributed by atoms with van der Waals surface area (Å²) in [5.74, 6) is 0. The van der Waals surface area contributed by atoms with Crippen molar-refractivity contribution in [1.29, 1.82) is 0 Å². The van der Waals surface area contributed by atoms with E-state index in [1.165, 1.54) is 32.1 Å². The Hall–Kier alpha value is 0.110. The Morgan fingerprint density at radius 1 is 1.33 bits per heavy atom. The summed E-state index contributed by atoms with van der Waals surface area (Å²) in [6, 6.07) is 0.410. The predicted molar refractivity (Wildman–Crippen MR) is 67.6 cm³/mol. The molecule has 1 N–H and O–H groups in total. The first kappa shape index (κ1) is 13.2. The molecule has 3 unspecified atom stereocenters. The van der Waals surface area contributed by atoms with E-state index >= 15 is 0 Å². The van der Waals surface area contributed by atoms with Gasteiger partial charge >= 0.3 is 0 Å². The largest absolute Gasteiger partial charge is 0.316 e. The minimum atomic E-state index is -0.644. The van der Waals surface area contributed by atoms with Crippen molar-refractivity contribution in [1.82, 2.24) is 5.32 Å². The van der Waals surface area contributed by atoms with E-state index in [2.05, 4.69) is 19.2 Å². The molecule has 1 aliphatic rings. The van der Waals surface area contributed by atoms with Gasteiger partial charge in [0.15, 0.2) is 0 Å². The van der Waals surface area contributed by atoms with E-state index in [1.54, 1.807) is 0 Å². The Bertz CT molecular complexity index is 198. The molecule has 1 rings (SSSR count). The molecule has 0 aliphatic heterocycles. The summed E-state index contributed by atoms with van der Waals surface area (Å²) in [5.41, 5.74) is 0. The monoisotopic (exact) mass is 231 g/mol. The summed E-state index contributed by atoms with van der Waals surface area (Å²) in [6.07, 6.45) is 7.31. The molecule has 90 valence electrons. The van der Waals surface area contributed by atoms with Gasteiger partial charge in [0.05, 0.1) is 0 Å². The van der Waals surface area contributed by atoms with Crippen molar-refractivity contribution in [3.05, 3.63) is 0 Å². The molecule has 1 saturated carbocycles. The van der Waals surface area contributed by atoms with Crippen LogP contribution in [-0.4, -0.2) is 27.8 Å². The van der Waals surface area contributed by atoms with Gasteiger partial charge in [-0.2, -0.15) is 0 Å². The second-order valence-electron chi connectivity index (χ2n) is 4.60. The first-order chi connectivity index (χ1) is 7.20. The second kappa shape index (κ2) is 6.64. The third kappa shape index (κ3) is 3.56. The third-order valence-electron chi connectivity index (χ3n) is 3.62. The van der Waals surface area contributed by atoms with Crippen LogP contribution < -0.4 is 5.32 Å². The lowest BCUT2D eigenvalue weighted by Crippen LogP contribution is -2.41. The zero-order valence-electron chi connectivity index (χ0n) is 10.3. The van der Waals surface area contributed by atoms with Crippen LogP contribution in [0.15, 0.2) is 0 Å². The van der Waals surface area contributed by atoms with Gasteiger partial charge in [0, 0.05) is 27.3 Å². The van der Waals surface area contributed by atoms with E-state index in [4.69, 9.17) is 0 Å². The van der Waals surface area contributed by atoms with Gasteiger partial charge in [-0.3, -0.25) is 4.21 Å². The lowest BCUT2D eigenvalue weighted by Gasteiger charge is -2.28. The van der Waals surface area contributed by atoms with E-state index in [9.17, 15) is 4.21 Å². The first-order valence-electron chi connectivity index (χ1n) is 6.27. The van der Waals surface area contributed by atoms with Crippen LogP contribution in [0.3, 0.4) is 0 Å². The summed E-state index contributed by atoms with van der Waals surface area (Å²) in [7, 11) is 1.33. The average Bonchev–Trinajstić information content (AvgIpc) is 2.30. The Kier molecular flexibility index (Phi) is 5.83. The van der Waals surface area contributed by atoms with Crippen LogP contribution in [0.2, 0.25) is 0 Å². The summed E-state index contributed by atoms with van der Waals surface area (Å²) in [4.78, 5) is 0. The molecule has 0 bridgehead atoms. The van der Waals surface area contributed by atoms with Crippen LogP contribution in [0.5, 0.6) is 0 Å². The fourth-order valence-electron chi connectivity index (χ4n) is 2.53. The van der Waals surface area contributed by atoms with Gasteiger partial charge in [0.2, 0.25) is 0 Å². The fraction of sp³-hybridized carbons (Fsp3) is 1.00. The number of hydrogen-bond donors (Lipinski definition) is 1. The van der Waals surface area contributed by atoms with Crippen molar-refractivity contribution in [2.45, 2.75) is 68.9 Å². The fourth-order valence-corrected chi connectivity index (χ4v) is 4.59. The molecule has 0 heterocycles. The highest BCUT2D eigenvalue weighted by atomic mass is 32.2. The van der Waals surface area contributed by atoms with Gasteiger partial charge in [-0.15, -0.1) is 0 Å². The van der Waals surface area contributed by atoms with Crippen molar-refractivity contribution >= 4 is 10.8 Å². The Morgan fingerprint density at radius 2 is 1.93 bits per heavy atom. The molecule has 0 aromatic rings. The maximum absolute atomic E-state index is 12.3. The zero-order valence-corrected chi connectivity index (χ0v) is 11.1. The highest BCUT2D eigenvalue weighted by molar-refractivity contribution is 7.86. The maximum atomic E-state index is 12.3. The van der Waals surface area contributed by atoms with Gasteiger partial charge in [-0.05, 0) is 33.2 Å². The molecule has 0 spiro atoms. The zero-order chi connectivity index (χ0) is 11.3. The SMILES string of the molecule is CCC(NC)C(C)S(=O)C1CCCCC1. The van der Waals surface area contributed by atoms with Crippen molar-refractivity contribution in [2.24, 2.45) is 0 Å². The van der Waals surface area contributed by atoms with Crippen LogP contribution in [0.1, 0.15) is 52.4 Å². The first-order valence-corrected chi connectivity index (χ1v) is 7.55. The molecular formula is C12H25NOS. The quantitative estimate of drug-likeness (QED) is 0.787. The molecule has 1 aliphatic carbocycles. The molecule has 1 fully saturated rings. The molecule has 2 nitrogen and oxygen atoms in total. The van der Waals surface area contributed by atoms with Gasteiger partial charge in [-0.1, -0.05) is 26.2 Å². The van der Waals surface area contributed by atoms with E-state index in [0.29, 0.717) is 16.5 Å². The van der Waals surface area contributed by atoms with Crippen molar-refractivity contribution in [3.63, 3.8) is 0 Å². The van der Waals surface area contributed by atoms with Gasteiger partial charge in [0.25, 0.3) is 0 Å². The molecule has 0 radical (unpaired) electrons.